The van der Waals surface area contributed by atoms with Crippen LogP contribution in [0.15, 0.2) is 0 Å². The Hall–Kier alpha value is -1.77. The molecule has 22 heavy (non-hydrogen) atoms. The van der Waals surface area contributed by atoms with Gasteiger partial charge in [-0.1, -0.05) is 0 Å². The summed E-state index contributed by atoms with van der Waals surface area (Å²) in [6.45, 7) is 4.16. The van der Waals surface area contributed by atoms with Crippen molar-refractivity contribution in [1.82, 2.24) is 9.97 Å². The molecule has 2 aromatic rings. The average Bonchev–Trinajstić information content (AvgIpc) is 2.82. The molecule has 120 valence electrons. The Morgan fingerprint density at radius 2 is 1.86 bits per heavy atom. The standard InChI is InChI=1S/C14H19N3O4S/c1-8-10-12(17(4-6-18)5-7-19)15-9(2)16-13(10)22-11(8)14(20)21-3/h18-19H,4-7H2,1-3H3. The number of hydrogen-bond acceptors (Lipinski definition) is 8. The summed E-state index contributed by atoms with van der Waals surface area (Å²) < 4.78 is 4.80. The van der Waals surface area contributed by atoms with Gasteiger partial charge >= 0.3 is 5.97 Å². The zero-order valence-corrected chi connectivity index (χ0v) is 13.6. The van der Waals surface area contributed by atoms with Crippen molar-refractivity contribution >= 4 is 33.3 Å². The Bertz CT molecular complexity index is 680. The van der Waals surface area contributed by atoms with E-state index in [4.69, 9.17) is 4.74 Å². The number of carbonyl (C=O) groups is 1. The summed E-state index contributed by atoms with van der Waals surface area (Å²) in [7, 11) is 1.34. The number of hydrogen-bond donors (Lipinski definition) is 2. The van der Waals surface area contributed by atoms with Crippen LogP contribution >= 0.6 is 11.3 Å². The van der Waals surface area contributed by atoms with Gasteiger partial charge in [-0.2, -0.15) is 0 Å². The Morgan fingerprint density at radius 1 is 1.23 bits per heavy atom. The number of aliphatic hydroxyl groups is 2. The first-order valence-corrected chi connectivity index (χ1v) is 7.67. The Kier molecular flexibility index (Phi) is 5.28. The predicted octanol–water partition coefficient (Wildman–Crippen LogP) is 0.886. The SMILES string of the molecule is COC(=O)c1sc2nc(C)nc(N(CCO)CCO)c2c1C. The molecule has 0 aliphatic carbocycles. The third-order valence-corrected chi connectivity index (χ3v) is 4.46. The fourth-order valence-electron chi connectivity index (χ4n) is 2.30. The molecule has 7 nitrogen and oxygen atoms in total. The number of aromatic nitrogens is 2. The van der Waals surface area contributed by atoms with Crippen LogP contribution in [-0.4, -0.2) is 59.6 Å². The number of esters is 1. The highest BCUT2D eigenvalue weighted by Crippen LogP contribution is 2.35. The summed E-state index contributed by atoms with van der Waals surface area (Å²) in [6.07, 6.45) is 0. The average molecular weight is 325 g/mol. The van der Waals surface area contributed by atoms with Gasteiger partial charge in [-0.05, 0) is 19.4 Å². The number of fused-ring (bicyclic) bond motifs is 1. The van der Waals surface area contributed by atoms with E-state index in [2.05, 4.69) is 9.97 Å². The lowest BCUT2D eigenvalue weighted by Crippen LogP contribution is -2.31. The Balaban J connectivity index is 2.66. The summed E-state index contributed by atoms with van der Waals surface area (Å²) in [4.78, 5) is 23.7. The molecule has 0 aliphatic rings. The molecule has 2 N–H and O–H groups in total. The number of anilines is 1. The van der Waals surface area contributed by atoms with Gasteiger partial charge < -0.3 is 19.8 Å². The van der Waals surface area contributed by atoms with Crippen molar-refractivity contribution in [2.24, 2.45) is 0 Å². The molecule has 0 spiro atoms. The van der Waals surface area contributed by atoms with Crippen LogP contribution < -0.4 is 4.90 Å². The van der Waals surface area contributed by atoms with Gasteiger partial charge in [0.1, 0.15) is 21.3 Å². The first kappa shape index (κ1) is 16.6. The van der Waals surface area contributed by atoms with Crippen LogP contribution in [0.3, 0.4) is 0 Å². The minimum Gasteiger partial charge on any atom is -0.465 e. The third-order valence-electron chi connectivity index (χ3n) is 3.29. The first-order valence-electron chi connectivity index (χ1n) is 6.86. The van der Waals surface area contributed by atoms with E-state index in [1.54, 1.807) is 11.8 Å². The molecule has 0 atom stereocenters. The van der Waals surface area contributed by atoms with Crippen LogP contribution in [0.1, 0.15) is 21.1 Å². The van der Waals surface area contributed by atoms with Crippen molar-refractivity contribution in [3.63, 3.8) is 0 Å². The topological polar surface area (TPSA) is 95.8 Å². The maximum absolute atomic E-state index is 11.9. The zero-order valence-electron chi connectivity index (χ0n) is 12.8. The molecule has 0 aromatic carbocycles. The van der Waals surface area contributed by atoms with Gasteiger partial charge in [-0.25, -0.2) is 14.8 Å². The molecular weight excluding hydrogens is 306 g/mol. The molecule has 0 amide bonds. The van der Waals surface area contributed by atoms with Crippen molar-refractivity contribution in [1.29, 1.82) is 0 Å². The number of aryl methyl sites for hydroxylation is 2. The lowest BCUT2D eigenvalue weighted by Gasteiger charge is -2.23. The second kappa shape index (κ2) is 6.99. The van der Waals surface area contributed by atoms with E-state index < -0.39 is 5.97 Å². The number of carbonyl (C=O) groups excluding carboxylic acids is 1. The summed E-state index contributed by atoms with van der Waals surface area (Å²) in [5.74, 6) is 0.788. The third kappa shape index (κ3) is 3.03. The van der Waals surface area contributed by atoms with E-state index in [0.717, 1.165) is 10.9 Å². The number of aliphatic hydroxyl groups excluding tert-OH is 2. The van der Waals surface area contributed by atoms with E-state index >= 15 is 0 Å². The molecule has 0 radical (unpaired) electrons. The van der Waals surface area contributed by atoms with Gasteiger partial charge in [-0.3, -0.25) is 0 Å². The molecule has 0 saturated carbocycles. The highest BCUT2D eigenvalue weighted by molar-refractivity contribution is 7.20. The van der Waals surface area contributed by atoms with E-state index in [9.17, 15) is 15.0 Å². The van der Waals surface area contributed by atoms with Crippen LogP contribution in [0, 0.1) is 13.8 Å². The lowest BCUT2D eigenvalue weighted by molar-refractivity contribution is 0.0605. The van der Waals surface area contributed by atoms with E-state index in [-0.39, 0.29) is 13.2 Å². The van der Waals surface area contributed by atoms with Crippen molar-refractivity contribution in [3.05, 3.63) is 16.3 Å². The Labute approximate surface area is 132 Å². The molecule has 0 bridgehead atoms. The fourth-order valence-corrected chi connectivity index (χ4v) is 3.44. The number of thiophene rings is 1. The number of rotatable bonds is 6. The molecule has 8 heteroatoms. The minimum absolute atomic E-state index is 0.0579. The Morgan fingerprint density at radius 3 is 2.41 bits per heavy atom. The lowest BCUT2D eigenvalue weighted by atomic mass is 10.2. The summed E-state index contributed by atoms with van der Waals surface area (Å²) >= 11 is 1.26. The largest absolute Gasteiger partial charge is 0.465 e. The van der Waals surface area contributed by atoms with Crippen LogP contribution in [0.25, 0.3) is 10.2 Å². The maximum atomic E-state index is 11.9. The van der Waals surface area contributed by atoms with Crippen LogP contribution in [0.5, 0.6) is 0 Å². The number of ether oxygens (including phenoxy) is 1. The van der Waals surface area contributed by atoms with Crippen molar-refractivity contribution < 1.29 is 19.7 Å². The molecule has 2 aromatic heterocycles. The van der Waals surface area contributed by atoms with Gasteiger partial charge in [0.2, 0.25) is 0 Å². The predicted molar refractivity (Wildman–Crippen MR) is 84.6 cm³/mol. The molecule has 0 aliphatic heterocycles. The van der Waals surface area contributed by atoms with Gasteiger partial charge in [-0.15, -0.1) is 11.3 Å². The molecule has 0 saturated heterocycles. The van der Waals surface area contributed by atoms with Gasteiger partial charge in [0, 0.05) is 13.1 Å². The highest BCUT2D eigenvalue weighted by Gasteiger charge is 2.22. The normalized spacial score (nSPS) is 11.0. The fraction of sp³-hybridized carbons (Fsp3) is 0.500. The van der Waals surface area contributed by atoms with Crippen molar-refractivity contribution in [2.45, 2.75) is 13.8 Å². The highest BCUT2D eigenvalue weighted by atomic mass is 32.1. The summed E-state index contributed by atoms with van der Waals surface area (Å²) in [6, 6.07) is 0. The van der Waals surface area contributed by atoms with Crippen LogP contribution in [-0.2, 0) is 4.74 Å². The number of methoxy groups -OCH3 is 1. The van der Waals surface area contributed by atoms with Crippen molar-refractivity contribution in [3.8, 4) is 0 Å². The maximum Gasteiger partial charge on any atom is 0.348 e. The minimum atomic E-state index is -0.403. The summed E-state index contributed by atoms with van der Waals surface area (Å²) in [5.41, 5.74) is 0.753. The van der Waals surface area contributed by atoms with E-state index in [1.165, 1.54) is 18.4 Å². The van der Waals surface area contributed by atoms with E-state index in [0.29, 0.717) is 34.4 Å². The van der Waals surface area contributed by atoms with Gasteiger partial charge in [0.05, 0.1) is 25.7 Å². The zero-order chi connectivity index (χ0) is 16.3. The van der Waals surface area contributed by atoms with Crippen molar-refractivity contribution in [2.75, 3.05) is 38.3 Å². The van der Waals surface area contributed by atoms with E-state index in [1.807, 2.05) is 6.92 Å². The van der Waals surface area contributed by atoms with Gasteiger partial charge in [0.15, 0.2) is 0 Å². The molecular formula is C14H19N3O4S. The van der Waals surface area contributed by atoms with Crippen LogP contribution in [0.4, 0.5) is 5.82 Å². The monoisotopic (exact) mass is 325 g/mol. The quantitative estimate of drug-likeness (QED) is 0.761. The second-order valence-corrected chi connectivity index (χ2v) is 5.76. The number of nitrogens with zero attached hydrogens (tertiary/aromatic N) is 3. The smallest absolute Gasteiger partial charge is 0.348 e. The second-order valence-electron chi connectivity index (χ2n) is 4.76. The van der Waals surface area contributed by atoms with Crippen LogP contribution in [0.2, 0.25) is 0 Å². The first-order chi connectivity index (χ1) is 10.5. The molecule has 2 rings (SSSR count). The molecule has 2 heterocycles. The molecule has 0 unspecified atom stereocenters. The summed E-state index contributed by atoms with van der Waals surface area (Å²) in [5, 5.41) is 19.2. The van der Waals surface area contributed by atoms with Gasteiger partial charge in [0.25, 0.3) is 0 Å². The molecule has 0 fully saturated rings.